The number of amides is 2. The predicted octanol–water partition coefficient (Wildman–Crippen LogP) is 2.74. The number of nitrogens with one attached hydrogen (secondary N) is 2. The lowest BCUT2D eigenvalue weighted by Gasteiger charge is -2.08. The van der Waals surface area contributed by atoms with Crippen LogP contribution in [0.4, 0.5) is 10.5 Å². The van der Waals surface area contributed by atoms with E-state index in [2.05, 4.69) is 17.2 Å². The summed E-state index contributed by atoms with van der Waals surface area (Å²) in [6.45, 7) is 5.78. The maximum atomic E-state index is 11.4. The standard InChI is InChI=1S/C12H13ClN2O3/c1-7(2)6-14-12(18)15-8-3-4-10(13)9(5-8)11(16)17/h3-5H,1,6H2,2H3,(H,16,17)(H2,14,15,18). The number of carbonyl (C=O) groups excluding carboxylic acids is 1. The van der Waals surface area contributed by atoms with E-state index in [1.165, 1.54) is 18.2 Å². The molecule has 1 rings (SSSR count). The topological polar surface area (TPSA) is 78.4 Å². The van der Waals surface area contributed by atoms with Gasteiger partial charge in [-0.15, -0.1) is 0 Å². The number of halogens is 1. The summed E-state index contributed by atoms with van der Waals surface area (Å²) in [5.74, 6) is -1.15. The van der Waals surface area contributed by atoms with E-state index in [9.17, 15) is 9.59 Å². The first-order valence-electron chi connectivity index (χ1n) is 5.12. The van der Waals surface area contributed by atoms with Crippen LogP contribution in [0.15, 0.2) is 30.4 Å². The lowest BCUT2D eigenvalue weighted by atomic mass is 10.2. The number of aromatic carboxylic acids is 1. The maximum absolute atomic E-state index is 11.4. The van der Waals surface area contributed by atoms with Gasteiger partial charge in [0, 0.05) is 12.2 Å². The van der Waals surface area contributed by atoms with Crippen LogP contribution >= 0.6 is 11.6 Å². The molecule has 1 aromatic carbocycles. The highest BCUT2D eigenvalue weighted by Crippen LogP contribution is 2.20. The van der Waals surface area contributed by atoms with Crippen LogP contribution in [0.1, 0.15) is 17.3 Å². The fraction of sp³-hybridized carbons (Fsp3) is 0.167. The molecule has 0 saturated carbocycles. The number of rotatable bonds is 4. The van der Waals surface area contributed by atoms with Crippen LogP contribution in [0.3, 0.4) is 0 Å². The van der Waals surface area contributed by atoms with Crippen molar-refractivity contribution in [1.82, 2.24) is 5.32 Å². The van der Waals surface area contributed by atoms with Gasteiger partial charge in [0.2, 0.25) is 0 Å². The third-order valence-corrected chi connectivity index (χ3v) is 2.33. The molecule has 0 atom stereocenters. The van der Waals surface area contributed by atoms with Gasteiger partial charge in [-0.25, -0.2) is 9.59 Å². The van der Waals surface area contributed by atoms with Crippen molar-refractivity contribution in [2.75, 3.05) is 11.9 Å². The zero-order valence-electron chi connectivity index (χ0n) is 9.79. The van der Waals surface area contributed by atoms with Crippen molar-refractivity contribution < 1.29 is 14.7 Å². The van der Waals surface area contributed by atoms with E-state index in [1.54, 1.807) is 6.92 Å². The number of carboxylic acid groups (broad SMARTS) is 1. The molecule has 0 spiro atoms. The van der Waals surface area contributed by atoms with Crippen LogP contribution in [-0.2, 0) is 0 Å². The summed E-state index contributed by atoms with van der Waals surface area (Å²) < 4.78 is 0. The fourth-order valence-electron chi connectivity index (χ4n) is 1.17. The van der Waals surface area contributed by atoms with Crippen LogP contribution in [0.5, 0.6) is 0 Å². The minimum absolute atomic E-state index is 0.0608. The minimum atomic E-state index is -1.15. The van der Waals surface area contributed by atoms with Crippen molar-refractivity contribution in [2.45, 2.75) is 6.92 Å². The fourth-order valence-corrected chi connectivity index (χ4v) is 1.37. The van der Waals surface area contributed by atoms with Crippen LogP contribution in [0, 0.1) is 0 Å². The molecule has 2 amide bonds. The van der Waals surface area contributed by atoms with E-state index in [0.29, 0.717) is 12.2 Å². The van der Waals surface area contributed by atoms with Crippen molar-refractivity contribution in [3.05, 3.63) is 40.9 Å². The van der Waals surface area contributed by atoms with Crippen LogP contribution in [0.2, 0.25) is 5.02 Å². The molecule has 0 aliphatic rings. The second kappa shape index (κ2) is 6.07. The molecule has 0 aliphatic carbocycles. The van der Waals surface area contributed by atoms with Gasteiger partial charge in [-0.3, -0.25) is 0 Å². The van der Waals surface area contributed by atoms with E-state index >= 15 is 0 Å². The average Bonchev–Trinajstić information content (AvgIpc) is 2.28. The molecule has 0 radical (unpaired) electrons. The quantitative estimate of drug-likeness (QED) is 0.735. The van der Waals surface area contributed by atoms with E-state index in [1.807, 2.05) is 0 Å². The summed E-state index contributed by atoms with van der Waals surface area (Å²) in [5.41, 5.74) is 1.11. The molecule has 3 N–H and O–H groups in total. The number of hydrogen-bond acceptors (Lipinski definition) is 2. The van der Waals surface area contributed by atoms with Gasteiger partial charge in [-0.1, -0.05) is 23.8 Å². The number of carbonyl (C=O) groups is 2. The smallest absolute Gasteiger partial charge is 0.337 e. The van der Waals surface area contributed by atoms with E-state index in [-0.39, 0.29) is 10.6 Å². The van der Waals surface area contributed by atoms with Crippen LogP contribution in [-0.4, -0.2) is 23.7 Å². The Balaban J connectivity index is 2.73. The predicted molar refractivity (Wildman–Crippen MR) is 70.2 cm³/mol. The normalized spacial score (nSPS) is 9.67. The number of urea groups is 1. The Bertz CT molecular complexity index is 500. The van der Waals surface area contributed by atoms with Crippen LogP contribution in [0.25, 0.3) is 0 Å². The molecule has 0 aromatic heterocycles. The molecular formula is C12H13ClN2O3. The van der Waals surface area contributed by atoms with Gasteiger partial charge in [-0.2, -0.15) is 0 Å². The molecule has 1 aromatic rings. The first kappa shape index (κ1) is 14.1. The third kappa shape index (κ3) is 4.10. The molecule has 0 fully saturated rings. The Morgan fingerprint density at radius 1 is 1.44 bits per heavy atom. The Morgan fingerprint density at radius 2 is 2.11 bits per heavy atom. The maximum Gasteiger partial charge on any atom is 0.337 e. The van der Waals surface area contributed by atoms with Gasteiger partial charge in [0.25, 0.3) is 0 Å². The number of anilines is 1. The Hall–Kier alpha value is -2.01. The molecule has 18 heavy (non-hydrogen) atoms. The highest BCUT2D eigenvalue weighted by Gasteiger charge is 2.10. The van der Waals surface area contributed by atoms with Gasteiger partial charge in [0.15, 0.2) is 0 Å². The second-order valence-corrected chi connectivity index (χ2v) is 4.17. The van der Waals surface area contributed by atoms with Crippen molar-refractivity contribution >= 4 is 29.3 Å². The zero-order chi connectivity index (χ0) is 13.7. The second-order valence-electron chi connectivity index (χ2n) is 3.76. The summed E-state index contributed by atoms with van der Waals surface area (Å²) >= 11 is 5.71. The number of carboxylic acids is 1. The monoisotopic (exact) mass is 268 g/mol. The third-order valence-electron chi connectivity index (χ3n) is 2.01. The van der Waals surface area contributed by atoms with E-state index in [4.69, 9.17) is 16.7 Å². The Kier molecular flexibility index (Phi) is 4.74. The van der Waals surface area contributed by atoms with Gasteiger partial charge in [0.1, 0.15) is 0 Å². The summed E-state index contributed by atoms with van der Waals surface area (Å²) in [7, 11) is 0. The molecule has 6 heteroatoms. The molecular weight excluding hydrogens is 256 g/mol. The molecule has 0 aliphatic heterocycles. The molecule has 0 heterocycles. The first-order valence-corrected chi connectivity index (χ1v) is 5.50. The highest BCUT2D eigenvalue weighted by molar-refractivity contribution is 6.33. The molecule has 0 saturated heterocycles. The first-order chi connectivity index (χ1) is 8.40. The summed E-state index contributed by atoms with van der Waals surface area (Å²) in [5, 5.41) is 14.1. The van der Waals surface area contributed by atoms with E-state index < -0.39 is 12.0 Å². The zero-order valence-corrected chi connectivity index (χ0v) is 10.5. The average molecular weight is 269 g/mol. The number of hydrogen-bond donors (Lipinski definition) is 3. The largest absolute Gasteiger partial charge is 0.478 e. The Morgan fingerprint density at radius 3 is 2.67 bits per heavy atom. The Labute approximate surface area is 109 Å². The van der Waals surface area contributed by atoms with Crippen molar-refractivity contribution in [2.24, 2.45) is 0 Å². The van der Waals surface area contributed by atoms with Gasteiger partial charge < -0.3 is 15.7 Å². The van der Waals surface area contributed by atoms with Crippen molar-refractivity contribution in [1.29, 1.82) is 0 Å². The van der Waals surface area contributed by atoms with Gasteiger partial charge in [-0.05, 0) is 25.1 Å². The highest BCUT2D eigenvalue weighted by atomic mass is 35.5. The summed E-state index contributed by atoms with van der Waals surface area (Å²) in [6, 6.07) is 3.80. The van der Waals surface area contributed by atoms with Crippen LogP contribution < -0.4 is 10.6 Å². The summed E-state index contributed by atoms with van der Waals surface area (Å²) in [6.07, 6.45) is 0. The SMILES string of the molecule is C=C(C)CNC(=O)Nc1ccc(Cl)c(C(=O)O)c1. The van der Waals surface area contributed by atoms with Gasteiger partial charge in [0.05, 0.1) is 10.6 Å². The lowest BCUT2D eigenvalue weighted by molar-refractivity contribution is 0.0697. The van der Waals surface area contributed by atoms with E-state index in [0.717, 1.165) is 5.57 Å². The molecule has 0 unspecified atom stereocenters. The van der Waals surface area contributed by atoms with Gasteiger partial charge >= 0.3 is 12.0 Å². The number of benzene rings is 1. The van der Waals surface area contributed by atoms with Crippen molar-refractivity contribution in [3.63, 3.8) is 0 Å². The molecule has 5 nitrogen and oxygen atoms in total. The molecule has 96 valence electrons. The summed E-state index contributed by atoms with van der Waals surface area (Å²) in [4.78, 5) is 22.3. The minimum Gasteiger partial charge on any atom is -0.478 e. The van der Waals surface area contributed by atoms with Crippen molar-refractivity contribution in [3.8, 4) is 0 Å². The lowest BCUT2D eigenvalue weighted by Crippen LogP contribution is -2.29. The molecule has 0 bridgehead atoms.